The molecule has 3 atom stereocenters. The lowest BCUT2D eigenvalue weighted by Gasteiger charge is -2.32. The number of nitrogens with zero attached hydrogens (tertiary/aromatic N) is 1. The van der Waals surface area contributed by atoms with E-state index in [1.807, 2.05) is 46.6 Å². The van der Waals surface area contributed by atoms with Crippen LogP contribution in [0.25, 0.3) is 0 Å². The summed E-state index contributed by atoms with van der Waals surface area (Å²) in [6.07, 6.45) is 8.58. The summed E-state index contributed by atoms with van der Waals surface area (Å²) < 4.78 is 18.6. The largest absolute Gasteiger partial charge is 0.343 e. The lowest BCUT2D eigenvalue weighted by Crippen LogP contribution is -2.30. The molecule has 0 saturated carbocycles. The molecular weight excluding hydrogens is 356 g/mol. The maximum atomic E-state index is 14.4. The summed E-state index contributed by atoms with van der Waals surface area (Å²) in [6, 6.07) is 0. The smallest absolute Gasteiger partial charge is 0.185 e. The minimum atomic E-state index is -1.40. The summed E-state index contributed by atoms with van der Waals surface area (Å²) in [5.41, 5.74) is 2.69. The molecule has 0 aromatic carbocycles. The van der Waals surface area contributed by atoms with Crippen LogP contribution in [-0.2, 0) is 4.74 Å². The molecule has 0 aromatic heterocycles. The molecule has 19 heavy (non-hydrogen) atoms. The van der Waals surface area contributed by atoms with Gasteiger partial charge in [0, 0.05) is 17.5 Å². The minimum absolute atomic E-state index is 0.0312. The summed E-state index contributed by atoms with van der Waals surface area (Å²) in [7, 11) is 0. The van der Waals surface area contributed by atoms with Gasteiger partial charge in [-0.05, 0) is 54.5 Å². The van der Waals surface area contributed by atoms with Crippen molar-refractivity contribution in [3.05, 3.63) is 47.9 Å². The van der Waals surface area contributed by atoms with Crippen molar-refractivity contribution in [1.82, 2.24) is 4.90 Å². The van der Waals surface area contributed by atoms with Crippen molar-refractivity contribution < 1.29 is 9.13 Å². The Morgan fingerprint density at radius 1 is 1.63 bits per heavy atom. The van der Waals surface area contributed by atoms with Crippen LogP contribution in [0, 0.1) is 0 Å². The van der Waals surface area contributed by atoms with E-state index in [1.54, 1.807) is 13.0 Å². The molecule has 0 spiro atoms. The first-order valence-electron chi connectivity index (χ1n) is 6.46. The highest BCUT2D eigenvalue weighted by Gasteiger charge is 2.44. The zero-order valence-electron chi connectivity index (χ0n) is 11.5. The van der Waals surface area contributed by atoms with Crippen molar-refractivity contribution in [2.24, 2.45) is 0 Å². The molecular formula is C15H19FINO. The third-order valence-electron chi connectivity index (χ3n) is 3.35. The number of ether oxygens (including phenoxy) is 1. The minimum Gasteiger partial charge on any atom is -0.343 e. The van der Waals surface area contributed by atoms with E-state index in [1.165, 1.54) is 0 Å². The predicted octanol–water partition coefficient (Wildman–Crippen LogP) is 4.46. The van der Waals surface area contributed by atoms with Crippen molar-refractivity contribution in [1.29, 1.82) is 0 Å². The van der Waals surface area contributed by atoms with Crippen LogP contribution in [0.4, 0.5) is 4.39 Å². The molecule has 0 aromatic rings. The SMILES string of the molecule is C=CC1OC1N1C=C(CC)C=C(C(C)(F)I)/C1=C/C. The molecule has 0 radical (unpaired) electrons. The lowest BCUT2D eigenvalue weighted by molar-refractivity contribution is 0.265. The van der Waals surface area contributed by atoms with Gasteiger partial charge >= 0.3 is 0 Å². The molecule has 2 aliphatic heterocycles. The summed E-state index contributed by atoms with van der Waals surface area (Å²) in [6.45, 7) is 9.32. The average molecular weight is 375 g/mol. The van der Waals surface area contributed by atoms with E-state index in [0.29, 0.717) is 5.57 Å². The van der Waals surface area contributed by atoms with E-state index in [9.17, 15) is 4.39 Å². The Morgan fingerprint density at radius 3 is 2.74 bits per heavy atom. The van der Waals surface area contributed by atoms with Crippen molar-refractivity contribution in [3.63, 3.8) is 0 Å². The summed E-state index contributed by atoms with van der Waals surface area (Å²) >= 11 is 1.84. The lowest BCUT2D eigenvalue weighted by atomic mass is 9.98. The molecule has 2 aliphatic rings. The van der Waals surface area contributed by atoms with Gasteiger partial charge in [0.15, 0.2) is 9.90 Å². The standard InChI is InChI=1S/C15H19FINO/c1-5-10-8-11(15(4,16)17)12(6-2)18(9-10)14-13(7-3)19-14/h6-9,13-14H,3,5H2,1-2,4H3/b12-6-. The number of allylic oxidation sites excluding steroid dienone is 4. The van der Waals surface area contributed by atoms with Crippen LogP contribution in [0.2, 0.25) is 0 Å². The number of hydrogen-bond donors (Lipinski definition) is 0. The highest BCUT2D eigenvalue weighted by Crippen LogP contribution is 2.43. The van der Waals surface area contributed by atoms with E-state index in [2.05, 4.69) is 19.7 Å². The van der Waals surface area contributed by atoms with E-state index in [0.717, 1.165) is 17.7 Å². The summed E-state index contributed by atoms with van der Waals surface area (Å²) in [4.78, 5) is 2.02. The monoisotopic (exact) mass is 375 g/mol. The zero-order valence-corrected chi connectivity index (χ0v) is 13.6. The van der Waals surface area contributed by atoms with Crippen LogP contribution < -0.4 is 0 Å². The fourth-order valence-corrected chi connectivity index (χ4v) is 2.69. The Morgan fingerprint density at radius 2 is 2.32 bits per heavy atom. The van der Waals surface area contributed by atoms with E-state index in [4.69, 9.17) is 4.74 Å². The number of rotatable bonds is 4. The number of alkyl halides is 2. The van der Waals surface area contributed by atoms with Crippen LogP contribution in [-0.4, -0.2) is 20.9 Å². The van der Waals surface area contributed by atoms with Crippen LogP contribution in [0.15, 0.2) is 47.9 Å². The number of epoxide rings is 1. The quantitative estimate of drug-likeness (QED) is 0.312. The Labute approximate surface area is 127 Å². The predicted molar refractivity (Wildman–Crippen MR) is 84.4 cm³/mol. The second-order valence-corrected chi connectivity index (χ2v) is 6.84. The van der Waals surface area contributed by atoms with Crippen molar-refractivity contribution in [2.75, 3.05) is 0 Å². The molecule has 2 heterocycles. The molecule has 0 bridgehead atoms. The van der Waals surface area contributed by atoms with Crippen molar-refractivity contribution in [3.8, 4) is 0 Å². The van der Waals surface area contributed by atoms with Gasteiger partial charge in [0.05, 0.1) is 0 Å². The van der Waals surface area contributed by atoms with Gasteiger partial charge in [-0.3, -0.25) is 0 Å². The molecule has 4 heteroatoms. The zero-order chi connectivity index (χ0) is 14.2. The fourth-order valence-electron chi connectivity index (χ4n) is 2.26. The Kier molecular flexibility index (Phi) is 4.20. The van der Waals surface area contributed by atoms with Gasteiger partial charge in [0.1, 0.15) is 6.10 Å². The second-order valence-electron chi connectivity index (χ2n) is 4.81. The summed E-state index contributed by atoms with van der Waals surface area (Å²) in [5, 5.41) is 0. The third kappa shape index (κ3) is 2.94. The molecule has 0 amide bonds. The molecule has 0 N–H and O–H groups in total. The van der Waals surface area contributed by atoms with Crippen LogP contribution in [0.1, 0.15) is 27.2 Å². The van der Waals surface area contributed by atoms with Gasteiger partial charge in [0.2, 0.25) is 0 Å². The van der Waals surface area contributed by atoms with Crippen LogP contribution >= 0.6 is 22.6 Å². The molecule has 2 rings (SSSR count). The molecule has 1 fully saturated rings. The summed E-state index contributed by atoms with van der Waals surface area (Å²) in [5.74, 6) is 0. The topological polar surface area (TPSA) is 15.8 Å². The third-order valence-corrected chi connectivity index (χ3v) is 3.93. The number of hydrogen-bond acceptors (Lipinski definition) is 2. The maximum absolute atomic E-state index is 14.4. The number of halogens is 2. The fraction of sp³-hybridized carbons (Fsp3) is 0.467. The van der Waals surface area contributed by atoms with E-state index < -0.39 is 3.68 Å². The molecule has 0 aliphatic carbocycles. The van der Waals surface area contributed by atoms with Gasteiger partial charge in [-0.15, -0.1) is 6.58 Å². The van der Waals surface area contributed by atoms with Gasteiger partial charge in [0.25, 0.3) is 0 Å². The van der Waals surface area contributed by atoms with Crippen molar-refractivity contribution in [2.45, 2.75) is 43.2 Å². The Hall–Kier alpha value is -0.620. The average Bonchev–Trinajstić information content (AvgIpc) is 3.15. The van der Waals surface area contributed by atoms with Crippen molar-refractivity contribution >= 4 is 22.6 Å². The van der Waals surface area contributed by atoms with Gasteiger partial charge < -0.3 is 9.64 Å². The highest BCUT2D eigenvalue weighted by molar-refractivity contribution is 14.1. The van der Waals surface area contributed by atoms with Gasteiger partial charge in [-0.25, -0.2) is 4.39 Å². The van der Waals surface area contributed by atoms with Gasteiger partial charge in [-0.1, -0.05) is 19.1 Å². The highest BCUT2D eigenvalue weighted by atomic mass is 127. The molecule has 2 nitrogen and oxygen atoms in total. The normalized spacial score (nSPS) is 31.6. The molecule has 3 unspecified atom stereocenters. The Bertz CT molecular complexity index is 473. The maximum Gasteiger partial charge on any atom is 0.185 e. The van der Waals surface area contributed by atoms with Crippen LogP contribution in [0.5, 0.6) is 0 Å². The van der Waals surface area contributed by atoms with Gasteiger partial charge in [-0.2, -0.15) is 0 Å². The van der Waals surface area contributed by atoms with Crippen LogP contribution in [0.3, 0.4) is 0 Å². The molecule has 104 valence electrons. The molecule has 1 saturated heterocycles. The van der Waals surface area contributed by atoms with E-state index >= 15 is 0 Å². The Balaban J connectivity index is 2.38. The first-order valence-corrected chi connectivity index (χ1v) is 7.54. The second kappa shape index (κ2) is 5.40. The first kappa shape index (κ1) is 14.8. The van der Waals surface area contributed by atoms with E-state index in [-0.39, 0.29) is 12.3 Å². The first-order chi connectivity index (χ1) is 8.92.